The molecule has 2 N–H and O–H groups in total. The molecule has 0 amide bonds. The van der Waals surface area contributed by atoms with Gasteiger partial charge in [-0.1, -0.05) is 18.2 Å². The molecule has 0 atom stereocenters. The number of nitrogens with zero attached hydrogens (tertiary/aromatic N) is 2. The lowest BCUT2D eigenvalue weighted by molar-refractivity contribution is 0.606. The fourth-order valence-electron chi connectivity index (χ4n) is 2.34. The summed E-state index contributed by atoms with van der Waals surface area (Å²) in [5, 5.41) is 7.59. The topological polar surface area (TPSA) is 49.3 Å². The lowest BCUT2D eigenvalue weighted by atomic mass is 10.1. The molecule has 1 aromatic carbocycles. The molecule has 0 spiro atoms. The van der Waals surface area contributed by atoms with Crippen molar-refractivity contribution in [1.29, 1.82) is 0 Å². The first kappa shape index (κ1) is 20.8. The number of benzene rings is 1. The molecule has 0 aliphatic carbocycles. The molecule has 4 nitrogen and oxygen atoms in total. The fraction of sp³-hybridized carbons (Fsp3) is 0.412. The highest BCUT2D eigenvalue weighted by molar-refractivity contribution is 14.0. The van der Waals surface area contributed by atoms with Crippen LogP contribution in [0.3, 0.4) is 0 Å². The first-order valence-corrected chi connectivity index (χ1v) is 8.52. The van der Waals surface area contributed by atoms with Crippen molar-refractivity contribution in [2.45, 2.75) is 26.7 Å². The number of thiazole rings is 1. The number of rotatable bonds is 6. The minimum absolute atomic E-state index is 0. The van der Waals surface area contributed by atoms with Crippen molar-refractivity contribution in [3.8, 4) is 0 Å². The summed E-state index contributed by atoms with van der Waals surface area (Å²) in [6, 6.07) is 6.85. The molecule has 24 heavy (non-hydrogen) atoms. The molecule has 7 heteroatoms. The zero-order valence-corrected chi connectivity index (χ0v) is 17.4. The molecule has 1 aromatic heterocycles. The average molecular weight is 462 g/mol. The van der Waals surface area contributed by atoms with Gasteiger partial charge < -0.3 is 10.6 Å². The number of halogens is 2. The summed E-state index contributed by atoms with van der Waals surface area (Å²) >= 11 is 1.74. The molecule has 2 rings (SSSR count). The third-order valence-electron chi connectivity index (χ3n) is 3.51. The van der Waals surface area contributed by atoms with E-state index in [1.54, 1.807) is 24.5 Å². The summed E-state index contributed by atoms with van der Waals surface area (Å²) in [5.74, 6) is 0.577. The highest BCUT2D eigenvalue weighted by Gasteiger charge is 2.05. The van der Waals surface area contributed by atoms with Gasteiger partial charge in [-0.05, 0) is 31.9 Å². The van der Waals surface area contributed by atoms with Crippen LogP contribution in [0.4, 0.5) is 4.39 Å². The maximum atomic E-state index is 13.5. The van der Waals surface area contributed by atoms with Gasteiger partial charge in [0.15, 0.2) is 5.96 Å². The van der Waals surface area contributed by atoms with Gasteiger partial charge >= 0.3 is 0 Å². The highest BCUT2D eigenvalue weighted by atomic mass is 127. The molecule has 132 valence electrons. The smallest absolute Gasteiger partial charge is 0.190 e. The van der Waals surface area contributed by atoms with Gasteiger partial charge in [0, 0.05) is 31.4 Å². The highest BCUT2D eigenvalue weighted by Crippen LogP contribution is 2.16. The van der Waals surface area contributed by atoms with E-state index in [9.17, 15) is 4.39 Å². The quantitative estimate of drug-likeness (QED) is 0.393. The van der Waals surface area contributed by atoms with Crippen LogP contribution in [0, 0.1) is 19.7 Å². The molecule has 0 fully saturated rings. The Bertz CT molecular complexity index is 672. The number of nitrogens with one attached hydrogen (secondary N) is 2. The van der Waals surface area contributed by atoms with Crippen LogP contribution >= 0.6 is 35.3 Å². The van der Waals surface area contributed by atoms with Gasteiger partial charge in [0.05, 0.1) is 10.7 Å². The van der Waals surface area contributed by atoms with E-state index in [4.69, 9.17) is 0 Å². The third-order valence-corrected chi connectivity index (χ3v) is 4.64. The van der Waals surface area contributed by atoms with Crippen LogP contribution in [0.1, 0.15) is 21.1 Å². The third kappa shape index (κ3) is 6.35. The zero-order chi connectivity index (χ0) is 16.7. The Morgan fingerprint density at radius 3 is 2.42 bits per heavy atom. The van der Waals surface area contributed by atoms with Crippen molar-refractivity contribution < 1.29 is 4.39 Å². The molecule has 0 saturated carbocycles. The van der Waals surface area contributed by atoms with Crippen LogP contribution in [0.25, 0.3) is 0 Å². The van der Waals surface area contributed by atoms with Crippen molar-refractivity contribution in [1.82, 2.24) is 15.6 Å². The number of aromatic nitrogens is 1. The van der Waals surface area contributed by atoms with Crippen LogP contribution in [-0.2, 0) is 12.8 Å². The molecule has 0 unspecified atom stereocenters. The number of hydrogen-bond donors (Lipinski definition) is 2. The van der Waals surface area contributed by atoms with Gasteiger partial charge in [0.2, 0.25) is 0 Å². The lowest BCUT2D eigenvalue weighted by Crippen LogP contribution is -2.39. The van der Waals surface area contributed by atoms with E-state index in [1.807, 2.05) is 26.0 Å². The summed E-state index contributed by atoms with van der Waals surface area (Å²) in [6.45, 7) is 5.50. The Morgan fingerprint density at radius 2 is 1.83 bits per heavy atom. The van der Waals surface area contributed by atoms with Crippen LogP contribution in [0.2, 0.25) is 0 Å². The van der Waals surface area contributed by atoms with Crippen molar-refractivity contribution in [2.75, 3.05) is 20.1 Å². The van der Waals surface area contributed by atoms with Crippen LogP contribution < -0.4 is 10.6 Å². The van der Waals surface area contributed by atoms with Gasteiger partial charge in [0.1, 0.15) is 5.82 Å². The maximum Gasteiger partial charge on any atom is 0.190 e. The zero-order valence-electron chi connectivity index (χ0n) is 14.2. The summed E-state index contributed by atoms with van der Waals surface area (Å²) in [5.41, 5.74) is 1.82. The van der Waals surface area contributed by atoms with Gasteiger partial charge in [-0.25, -0.2) is 9.37 Å². The van der Waals surface area contributed by atoms with Gasteiger partial charge in [-0.2, -0.15) is 0 Å². The van der Waals surface area contributed by atoms with Crippen LogP contribution in [0.5, 0.6) is 0 Å². The number of aryl methyl sites for hydroxylation is 2. The van der Waals surface area contributed by atoms with Crippen molar-refractivity contribution >= 4 is 41.3 Å². The SMILES string of the molecule is CN=C(NCCc1ccccc1F)NCCc1sc(C)nc1C.I. The van der Waals surface area contributed by atoms with E-state index in [2.05, 4.69) is 20.6 Å². The summed E-state index contributed by atoms with van der Waals surface area (Å²) in [7, 11) is 1.74. The predicted molar refractivity (Wildman–Crippen MR) is 110 cm³/mol. The maximum absolute atomic E-state index is 13.5. The Hall–Kier alpha value is -1.22. The summed E-state index contributed by atoms with van der Waals surface area (Å²) < 4.78 is 13.5. The minimum Gasteiger partial charge on any atom is -0.356 e. The largest absolute Gasteiger partial charge is 0.356 e. The standard InChI is InChI=1S/C17H23FN4S.HI/c1-12-16(23-13(2)22-12)9-11-21-17(19-3)20-10-8-14-6-4-5-7-15(14)18;/h4-7H,8-11H2,1-3H3,(H2,19,20,21);1H. The molecule has 0 saturated heterocycles. The summed E-state index contributed by atoms with van der Waals surface area (Å²) in [6.07, 6.45) is 1.55. The Morgan fingerprint density at radius 1 is 1.17 bits per heavy atom. The van der Waals surface area contributed by atoms with E-state index in [0.29, 0.717) is 18.5 Å². The van der Waals surface area contributed by atoms with Crippen LogP contribution in [0.15, 0.2) is 29.3 Å². The number of guanidine groups is 1. The molecule has 0 aliphatic rings. The van der Waals surface area contributed by atoms with Crippen molar-refractivity contribution in [3.63, 3.8) is 0 Å². The fourth-order valence-corrected chi connectivity index (χ4v) is 3.27. The molecule has 2 aromatic rings. The van der Waals surface area contributed by atoms with Crippen molar-refractivity contribution in [2.24, 2.45) is 4.99 Å². The second kappa shape index (κ2) is 10.6. The molecule has 0 aliphatic heterocycles. The monoisotopic (exact) mass is 462 g/mol. The summed E-state index contributed by atoms with van der Waals surface area (Å²) in [4.78, 5) is 9.92. The Balaban J connectivity index is 0.00000288. The van der Waals surface area contributed by atoms with Crippen molar-refractivity contribution in [3.05, 3.63) is 51.2 Å². The van der Waals surface area contributed by atoms with Gasteiger partial charge in [-0.15, -0.1) is 35.3 Å². The minimum atomic E-state index is -0.159. The van der Waals surface area contributed by atoms with Crippen LogP contribution in [-0.4, -0.2) is 31.1 Å². The van der Waals surface area contributed by atoms with Gasteiger partial charge in [0.25, 0.3) is 0 Å². The predicted octanol–water partition coefficient (Wildman–Crippen LogP) is 3.47. The van der Waals surface area contributed by atoms with E-state index in [0.717, 1.165) is 29.6 Å². The molecular weight excluding hydrogens is 438 g/mol. The Labute approximate surface area is 164 Å². The first-order chi connectivity index (χ1) is 11.1. The molecular formula is C17H24FIN4S. The molecule has 1 heterocycles. The van der Waals surface area contributed by atoms with E-state index in [-0.39, 0.29) is 29.8 Å². The lowest BCUT2D eigenvalue weighted by Gasteiger charge is -2.12. The number of hydrogen-bond acceptors (Lipinski definition) is 3. The Kier molecular flexibility index (Phi) is 9.20. The molecule has 0 bridgehead atoms. The van der Waals surface area contributed by atoms with Gasteiger partial charge in [-0.3, -0.25) is 4.99 Å². The number of aliphatic imine (C=N–C) groups is 1. The second-order valence-corrected chi connectivity index (χ2v) is 6.55. The second-order valence-electron chi connectivity index (χ2n) is 5.26. The van der Waals surface area contributed by atoms with E-state index >= 15 is 0 Å². The van der Waals surface area contributed by atoms with E-state index < -0.39 is 0 Å². The van der Waals surface area contributed by atoms with E-state index in [1.165, 1.54) is 10.9 Å². The molecule has 0 radical (unpaired) electrons. The normalized spacial score (nSPS) is 11.1. The first-order valence-electron chi connectivity index (χ1n) is 7.71. The average Bonchev–Trinajstić information content (AvgIpc) is 2.85.